The van der Waals surface area contributed by atoms with Gasteiger partial charge >= 0.3 is 6.18 Å². The highest BCUT2D eigenvalue weighted by atomic mass is 19.4. The fourth-order valence-electron chi connectivity index (χ4n) is 3.08. The second-order valence-electron chi connectivity index (χ2n) is 6.82. The van der Waals surface area contributed by atoms with Gasteiger partial charge in [0.25, 0.3) is 17.6 Å². The van der Waals surface area contributed by atoms with Crippen LogP contribution in [-0.4, -0.2) is 40.5 Å². The molecular formula is C21H19F3N4O4. The zero-order chi connectivity index (χ0) is 23.5. The van der Waals surface area contributed by atoms with Crippen LogP contribution in [-0.2, 0) is 11.0 Å². The lowest BCUT2D eigenvalue weighted by atomic mass is 10.1. The zero-order valence-electron chi connectivity index (χ0n) is 17.1. The van der Waals surface area contributed by atoms with Crippen molar-refractivity contribution in [2.45, 2.75) is 20.0 Å². The van der Waals surface area contributed by atoms with Crippen molar-refractivity contribution in [3.05, 3.63) is 70.9 Å². The molecule has 168 valence electrons. The van der Waals surface area contributed by atoms with E-state index in [9.17, 15) is 27.6 Å². The van der Waals surface area contributed by atoms with Gasteiger partial charge < -0.3 is 15.1 Å². The second-order valence-corrected chi connectivity index (χ2v) is 6.82. The third-order valence-electron chi connectivity index (χ3n) is 4.58. The lowest BCUT2D eigenvalue weighted by molar-refractivity contribution is -0.137. The van der Waals surface area contributed by atoms with Crippen molar-refractivity contribution in [1.29, 1.82) is 0 Å². The van der Waals surface area contributed by atoms with Gasteiger partial charge in [-0.05, 0) is 44.2 Å². The van der Waals surface area contributed by atoms with E-state index in [0.717, 1.165) is 12.1 Å². The Morgan fingerprint density at radius 1 is 1.06 bits per heavy atom. The highest BCUT2D eigenvalue weighted by molar-refractivity contribution is 6.43. The topological polar surface area (TPSA) is 106 Å². The summed E-state index contributed by atoms with van der Waals surface area (Å²) in [6.07, 6.45) is -3.18. The number of nitrogens with zero attached hydrogens (tertiary/aromatic N) is 2. The van der Waals surface area contributed by atoms with Crippen LogP contribution >= 0.6 is 0 Å². The number of furan rings is 1. The van der Waals surface area contributed by atoms with Crippen molar-refractivity contribution in [2.24, 2.45) is 0 Å². The number of alkyl halides is 3. The largest absolute Gasteiger partial charge is 0.459 e. The van der Waals surface area contributed by atoms with Gasteiger partial charge in [-0.25, -0.2) is 4.68 Å². The first kappa shape index (κ1) is 22.8. The molecule has 0 bridgehead atoms. The third-order valence-corrected chi connectivity index (χ3v) is 4.58. The quantitative estimate of drug-likeness (QED) is 0.329. The van der Waals surface area contributed by atoms with Crippen LogP contribution in [0, 0.1) is 13.8 Å². The third kappa shape index (κ3) is 4.88. The van der Waals surface area contributed by atoms with Gasteiger partial charge in [0.2, 0.25) is 0 Å². The van der Waals surface area contributed by atoms with E-state index in [-0.39, 0.29) is 41.5 Å². The van der Waals surface area contributed by atoms with Crippen LogP contribution in [0.15, 0.2) is 47.1 Å². The first-order valence-electron chi connectivity index (χ1n) is 9.47. The molecule has 0 spiro atoms. The van der Waals surface area contributed by atoms with Crippen molar-refractivity contribution in [3.63, 3.8) is 0 Å². The van der Waals surface area contributed by atoms with Crippen LogP contribution in [0.4, 0.5) is 13.2 Å². The van der Waals surface area contributed by atoms with Crippen molar-refractivity contribution in [3.8, 4) is 5.69 Å². The summed E-state index contributed by atoms with van der Waals surface area (Å²) in [6.45, 7) is 3.02. The van der Waals surface area contributed by atoms with Gasteiger partial charge in [0.05, 0.1) is 34.5 Å². The van der Waals surface area contributed by atoms with Gasteiger partial charge in [-0.2, -0.15) is 18.3 Å². The molecule has 0 saturated heterocycles. The van der Waals surface area contributed by atoms with Crippen LogP contribution in [0.1, 0.15) is 37.9 Å². The average Bonchev–Trinajstić information content (AvgIpc) is 3.38. The Kier molecular flexibility index (Phi) is 6.47. The first-order valence-corrected chi connectivity index (χ1v) is 9.47. The molecule has 0 saturated carbocycles. The maximum atomic E-state index is 13.0. The number of benzene rings is 1. The molecule has 2 aromatic heterocycles. The summed E-state index contributed by atoms with van der Waals surface area (Å²) in [6, 6.07) is 7.53. The molecule has 0 radical (unpaired) electrons. The fourth-order valence-corrected chi connectivity index (χ4v) is 3.08. The minimum Gasteiger partial charge on any atom is -0.459 e. The Bertz CT molecular complexity index is 1150. The molecule has 0 unspecified atom stereocenters. The van der Waals surface area contributed by atoms with E-state index in [1.807, 2.05) is 0 Å². The average molecular weight is 448 g/mol. The summed E-state index contributed by atoms with van der Waals surface area (Å²) in [5, 5.41) is 9.05. The number of carbonyl (C=O) groups excluding carboxylic acids is 3. The highest BCUT2D eigenvalue weighted by Crippen LogP contribution is 2.30. The summed E-state index contributed by atoms with van der Waals surface area (Å²) in [5.41, 5.74) is -0.316. The van der Waals surface area contributed by atoms with E-state index in [2.05, 4.69) is 15.7 Å². The maximum absolute atomic E-state index is 13.0. The Balaban J connectivity index is 1.68. The molecule has 3 aromatic rings. The number of amides is 2. The number of rotatable bonds is 7. The molecule has 2 amide bonds. The Hall–Kier alpha value is -3.89. The van der Waals surface area contributed by atoms with Crippen LogP contribution in [0.3, 0.4) is 0 Å². The van der Waals surface area contributed by atoms with E-state index in [0.29, 0.717) is 0 Å². The van der Waals surface area contributed by atoms with Gasteiger partial charge in [-0.1, -0.05) is 6.07 Å². The summed E-state index contributed by atoms with van der Waals surface area (Å²) >= 11 is 0. The smallest absolute Gasteiger partial charge is 0.416 e. The van der Waals surface area contributed by atoms with Crippen LogP contribution in [0.5, 0.6) is 0 Å². The predicted molar refractivity (Wildman–Crippen MR) is 106 cm³/mol. The summed E-state index contributed by atoms with van der Waals surface area (Å²) < 4.78 is 45.2. The van der Waals surface area contributed by atoms with E-state index in [4.69, 9.17) is 4.42 Å². The number of hydrogen-bond donors (Lipinski definition) is 2. The number of Topliss-reactive ketones (excluding diaryl/α,β-unsaturated/α-hetero) is 1. The van der Waals surface area contributed by atoms with E-state index < -0.39 is 29.3 Å². The molecule has 3 rings (SSSR count). The molecule has 2 N–H and O–H groups in total. The highest BCUT2D eigenvalue weighted by Gasteiger charge is 2.31. The van der Waals surface area contributed by atoms with Gasteiger partial charge in [-0.15, -0.1) is 0 Å². The monoisotopic (exact) mass is 448 g/mol. The van der Waals surface area contributed by atoms with Crippen molar-refractivity contribution < 1.29 is 32.0 Å². The summed E-state index contributed by atoms with van der Waals surface area (Å²) in [5.74, 6) is -2.16. The van der Waals surface area contributed by atoms with E-state index in [1.54, 1.807) is 6.07 Å². The second kappa shape index (κ2) is 9.08. The number of ketones is 1. The summed E-state index contributed by atoms with van der Waals surface area (Å²) in [7, 11) is 0. The Labute approximate surface area is 180 Å². The molecule has 32 heavy (non-hydrogen) atoms. The molecule has 0 atom stereocenters. The van der Waals surface area contributed by atoms with Crippen LogP contribution < -0.4 is 10.6 Å². The summed E-state index contributed by atoms with van der Waals surface area (Å²) in [4.78, 5) is 36.7. The minimum atomic E-state index is -4.53. The van der Waals surface area contributed by atoms with Crippen LogP contribution in [0.25, 0.3) is 5.69 Å². The minimum absolute atomic E-state index is 0.000433. The lowest BCUT2D eigenvalue weighted by Gasteiger charge is -2.10. The number of aryl methyl sites for hydroxylation is 1. The van der Waals surface area contributed by atoms with Gasteiger partial charge in [0, 0.05) is 13.1 Å². The molecule has 0 aliphatic rings. The predicted octanol–water partition coefficient (Wildman–Crippen LogP) is 2.83. The first-order chi connectivity index (χ1) is 15.1. The number of hydrogen-bond acceptors (Lipinski definition) is 5. The lowest BCUT2D eigenvalue weighted by Crippen LogP contribution is -2.38. The Morgan fingerprint density at radius 2 is 1.78 bits per heavy atom. The van der Waals surface area contributed by atoms with Crippen molar-refractivity contribution in [1.82, 2.24) is 20.4 Å². The normalized spacial score (nSPS) is 11.3. The van der Waals surface area contributed by atoms with Gasteiger partial charge in [0.15, 0.2) is 5.76 Å². The van der Waals surface area contributed by atoms with E-state index in [1.165, 1.54) is 43.0 Å². The molecule has 0 aliphatic heterocycles. The molecule has 0 fully saturated rings. The zero-order valence-corrected chi connectivity index (χ0v) is 17.1. The van der Waals surface area contributed by atoms with Gasteiger partial charge in [0.1, 0.15) is 0 Å². The Morgan fingerprint density at radius 3 is 2.44 bits per heavy atom. The van der Waals surface area contributed by atoms with Gasteiger partial charge in [-0.3, -0.25) is 14.4 Å². The van der Waals surface area contributed by atoms with Crippen LogP contribution in [0.2, 0.25) is 0 Å². The molecule has 0 aliphatic carbocycles. The maximum Gasteiger partial charge on any atom is 0.416 e. The van der Waals surface area contributed by atoms with Crippen molar-refractivity contribution in [2.75, 3.05) is 13.1 Å². The molecular weight excluding hydrogens is 429 g/mol. The fraction of sp³-hybridized carbons (Fsp3) is 0.238. The SMILES string of the molecule is Cc1nn(-c2cccc(C(F)(F)F)c2)c(C)c1C(=O)C(=O)NCCNC(=O)c1ccco1. The number of nitrogens with one attached hydrogen (secondary N) is 2. The van der Waals surface area contributed by atoms with E-state index >= 15 is 0 Å². The molecule has 2 heterocycles. The molecule has 11 heteroatoms. The molecule has 8 nitrogen and oxygen atoms in total. The van der Waals surface area contributed by atoms with Crippen molar-refractivity contribution >= 4 is 17.6 Å². The number of carbonyl (C=O) groups is 3. The number of halogens is 3. The number of aromatic nitrogens is 2. The standard InChI is InChI=1S/C21H19F3N4O4/c1-12-17(13(2)28(27-12)15-6-3-5-14(11-15)21(22,23)24)18(29)20(31)26-9-8-25-19(30)16-7-4-10-32-16/h3-7,10-11H,8-9H2,1-2H3,(H,25,30)(H,26,31). The molecule has 1 aromatic carbocycles.